The Balaban J connectivity index is 2.63. The second-order valence-electron chi connectivity index (χ2n) is 5.39. The SMILES string of the molecule is CC(C)[C@@H](CO)C(=O)NC[C@@](C)(O)c1ccccc1. The molecule has 0 spiro atoms. The van der Waals surface area contributed by atoms with Crippen LogP contribution in [0, 0.1) is 11.8 Å². The number of aliphatic hydroxyl groups is 2. The van der Waals surface area contributed by atoms with Crippen LogP contribution >= 0.6 is 0 Å². The number of hydrogen-bond acceptors (Lipinski definition) is 3. The van der Waals surface area contributed by atoms with Crippen LogP contribution in [0.5, 0.6) is 0 Å². The number of nitrogens with one attached hydrogen (secondary N) is 1. The van der Waals surface area contributed by atoms with Crippen molar-refractivity contribution < 1.29 is 15.0 Å². The van der Waals surface area contributed by atoms with Crippen LogP contribution in [0.25, 0.3) is 0 Å². The highest BCUT2D eigenvalue weighted by Crippen LogP contribution is 2.19. The zero-order valence-electron chi connectivity index (χ0n) is 11.8. The molecule has 1 amide bonds. The van der Waals surface area contributed by atoms with E-state index in [1.54, 1.807) is 6.92 Å². The maximum atomic E-state index is 11.9. The third-order valence-corrected chi connectivity index (χ3v) is 3.34. The lowest BCUT2D eigenvalue weighted by Gasteiger charge is -2.26. The van der Waals surface area contributed by atoms with Crippen LogP contribution in [-0.2, 0) is 10.4 Å². The molecule has 0 heterocycles. The zero-order valence-corrected chi connectivity index (χ0v) is 11.8. The van der Waals surface area contributed by atoms with Gasteiger partial charge in [0, 0.05) is 0 Å². The molecule has 1 aromatic rings. The molecule has 1 rings (SSSR count). The highest BCUT2D eigenvalue weighted by molar-refractivity contribution is 5.79. The van der Waals surface area contributed by atoms with E-state index in [0.717, 1.165) is 5.56 Å². The van der Waals surface area contributed by atoms with E-state index in [-0.39, 0.29) is 25.0 Å². The molecule has 0 radical (unpaired) electrons. The van der Waals surface area contributed by atoms with E-state index in [4.69, 9.17) is 0 Å². The number of aliphatic hydroxyl groups excluding tert-OH is 1. The van der Waals surface area contributed by atoms with Gasteiger partial charge in [-0.2, -0.15) is 0 Å². The van der Waals surface area contributed by atoms with Gasteiger partial charge < -0.3 is 15.5 Å². The lowest BCUT2D eigenvalue weighted by Crippen LogP contribution is -2.43. The molecule has 0 fully saturated rings. The minimum Gasteiger partial charge on any atom is -0.396 e. The van der Waals surface area contributed by atoms with Crippen LogP contribution in [0.4, 0.5) is 0 Å². The van der Waals surface area contributed by atoms with Gasteiger partial charge in [-0.15, -0.1) is 0 Å². The van der Waals surface area contributed by atoms with Gasteiger partial charge in [-0.25, -0.2) is 0 Å². The van der Waals surface area contributed by atoms with E-state index in [9.17, 15) is 15.0 Å². The summed E-state index contributed by atoms with van der Waals surface area (Å²) in [5.74, 6) is -0.605. The van der Waals surface area contributed by atoms with E-state index in [1.807, 2.05) is 44.2 Å². The van der Waals surface area contributed by atoms with Crippen molar-refractivity contribution in [2.24, 2.45) is 11.8 Å². The summed E-state index contributed by atoms with van der Waals surface area (Å²) in [6.45, 7) is 5.37. The first-order valence-corrected chi connectivity index (χ1v) is 6.55. The molecule has 0 aliphatic rings. The number of hydrogen-bond donors (Lipinski definition) is 3. The van der Waals surface area contributed by atoms with Crippen LogP contribution < -0.4 is 5.32 Å². The standard InChI is InChI=1S/C15H23NO3/c1-11(2)13(9-17)14(18)16-10-15(3,19)12-7-5-4-6-8-12/h4-8,11,13,17,19H,9-10H2,1-3H3,(H,16,18)/t13-,15-/m1/s1. The molecule has 0 bridgehead atoms. The van der Waals surface area contributed by atoms with Crippen LogP contribution in [0.2, 0.25) is 0 Å². The van der Waals surface area contributed by atoms with Crippen molar-refractivity contribution in [3.8, 4) is 0 Å². The predicted molar refractivity (Wildman–Crippen MR) is 74.4 cm³/mol. The molecule has 19 heavy (non-hydrogen) atoms. The largest absolute Gasteiger partial charge is 0.396 e. The van der Waals surface area contributed by atoms with Gasteiger partial charge in [0.15, 0.2) is 0 Å². The highest BCUT2D eigenvalue weighted by atomic mass is 16.3. The fourth-order valence-corrected chi connectivity index (χ4v) is 1.89. The summed E-state index contributed by atoms with van der Waals surface area (Å²) in [6, 6.07) is 9.20. The molecule has 2 atom stereocenters. The molecule has 0 aromatic heterocycles. The smallest absolute Gasteiger partial charge is 0.225 e. The summed E-state index contributed by atoms with van der Waals surface area (Å²) in [5.41, 5.74) is -0.367. The predicted octanol–water partition coefficient (Wildman–Crippen LogP) is 1.27. The Morgan fingerprint density at radius 3 is 2.37 bits per heavy atom. The Morgan fingerprint density at radius 2 is 1.89 bits per heavy atom. The van der Waals surface area contributed by atoms with Crippen LogP contribution in [0.3, 0.4) is 0 Å². The quantitative estimate of drug-likeness (QED) is 0.725. The molecule has 1 aromatic carbocycles. The fourth-order valence-electron chi connectivity index (χ4n) is 1.89. The summed E-state index contributed by atoms with van der Waals surface area (Å²) >= 11 is 0. The van der Waals surface area contributed by atoms with Gasteiger partial charge in [0.25, 0.3) is 0 Å². The van der Waals surface area contributed by atoms with Crippen molar-refractivity contribution >= 4 is 5.91 Å². The number of carbonyl (C=O) groups is 1. The number of amides is 1. The zero-order chi connectivity index (χ0) is 14.5. The van der Waals surface area contributed by atoms with E-state index in [2.05, 4.69) is 5.32 Å². The monoisotopic (exact) mass is 265 g/mol. The second-order valence-corrected chi connectivity index (χ2v) is 5.39. The molecule has 0 unspecified atom stereocenters. The third kappa shape index (κ3) is 4.33. The molecule has 4 nitrogen and oxygen atoms in total. The average molecular weight is 265 g/mol. The molecule has 0 saturated carbocycles. The molecular weight excluding hydrogens is 242 g/mol. The van der Waals surface area contributed by atoms with E-state index >= 15 is 0 Å². The minimum atomic E-state index is -1.12. The van der Waals surface area contributed by atoms with Gasteiger partial charge in [0.2, 0.25) is 5.91 Å². The van der Waals surface area contributed by atoms with E-state index in [1.165, 1.54) is 0 Å². The Bertz CT molecular complexity index is 401. The lowest BCUT2D eigenvalue weighted by molar-refractivity contribution is -0.128. The molecule has 0 saturated heterocycles. The van der Waals surface area contributed by atoms with Crippen molar-refractivity contribution in [1.82, 2.24) is 5.32 Å². The number of benzene rings is 1. The van der Waals surface area contributed by atoms with Crippen molar-refractivity contribution in [1.29, 1.82) is 0 Å². The number of rotatable bonds is 6. The van der Waals surface area contributed by atoms with Gasteiger partial charge in [0.05, 0.1) is 19.1 Å². The summed E-state index contributed by atoms with van der Waals surface area (Å²) in [7, 11) is 0. The Hall–Kier alpha value is -1.39. The van der Waals surface area contributed by atoms with Crippen molar-refractivity contribution in [2.75, 3.05) is 13.2 Å². The first-order chi connectivity index (χ1) is 8.88. The average Bonchev–Trinajstić information content (AvgIpc) is 2.38. The maximum Gasteiger partial charge on any atom is 0.225 e. The van der Waals surface area contributed by atoms with Gasteiger partial charge >= 0.3 is 0 Å². The van der Waals surface area contributed by atoms with Crippen LogP contribution in [-0.4, -0.2) is 29.3 Å². The third-order valence-electron chi connectivity index (χ3n) is 3.34. The first-order valence-electron chi connectivity index (χ1n) is 6.55. The highest BCUT2D eigenvalue weighted by Gasteiger charge is 2.26. The number of carbonyl (C=O) groups excluding carboxylic acids is 1. The van der Waals surface area contributed by atoms with E-state index in [0.29, 0.717) is 0 Å². The first kappa shape index (κ1) is 15.7. The lowest BCUT2D eigenvalue weighted by atomic mass is 9.93. The Kier molecular flexibility index (Phi) is 5.51. The molecule has 0 aliphatic heterocycles. The van der Waals surface area contributed by atoms with Crippen molar-refractivity contribution in [3.05, 3.63) is 35.9 Å². The normalized spacial score (nSPS) is 15.9. The van der Waals surface area contributed by atoms with E-state index < -0.39 is 11.5 Å². The summed E-state index contributed by atoms with van der Waals surface area (Å²) < 4.78 is 0. The van der Waals surface area contributed by atoms with Gasteiger partial charge in [-0.1, -0.05) is 44.2 Å². The summed E-state index contributed by atoms with van der Waals surface area (Å²) in [6.07, 6.45) is 0. The van der Waals surface area contributed by atoms with Gasteiger partial charge in [-0.3, -0.25) is 4.79 Å². The Labute approximate surface area is 114 Å². The van der Waals surface area contributed by atoms with Crippen LogP contribution in [0.15, 0.2) is 30.3 Å². The maximum absolute atomic E-state index is 11.9. The van der Waals surface area contributed by atoms with Gasteiger partial charge in [-0.05, 0) is 18.4 Å². The molecule has 3 N–H and O–H groups in total. The molecule has 4 heteroatoms. The Morgan fingerprint density at radius 1 is 1.32 bits per heavy atom. The topological polar surface area (TPSA) is 69.6 Å². The van der Waals surface area contributed by atoms with Crippen molar-refractivity contribution in [3.63, 3.8) is 0 Å². The minimum absolute atomic E-state index is 0.0617. The molecule has 106 valence electrons. The van der Waals surface area contributed by atoms with Gasteiger partial charge in [0.1, 0.15) is 5.60 Å². The fraction of sp³-hybridized carbons (Fsp3) is 0.533. The molecule has 0 aliphatic carbocycles. The van der Waals surface area contributed by atoms with Crippen LogP contribution in [0.1, 0.15) is 26.3 Å². The summed E-state index contributed by atoms with van der Waals surface area (Å²) in [4.78, 5) is 11.9. The van der Waals surface area contributed by atoms with Crippen molar-refractivity contribution in [2.45, 2.75) is 26.4 Å². The molecular formula is C15H23NO3. The summed E-state index contributed by atoms with van der Waals surface area (Å²) in [5, 5.41) is 22.2. The second kappa shape index (κ2) is 6.68.